The van der Waals surface area contributed by atoms with Crippen molar-refractivity contribution in [1.29, 1.82) is 0 Å². The predicted molar refractivity (Wildman–Crippen MR) is 103 cm³/mol. The zero-order chi connectivity index (χ0) is 18.3. The van der Waals surface area contributed by atoms with E-state index >= 15 is 0 Å². The van der Waals surface area contributed by atoms with Crippen LogP contribution in [0.25, 0.3) is 0 Å². The van der Waals surface area contributed by atoms with E-state index in [1.54, 1.807) is 0 Å². The lowest BCUT2D eigenvalue weighted by Gasteiger charge is -2.29. The molecule has 25 heavy (non-hydrogen) atoms. The molecule has 1 aromatic rings. The van der Waals surface area contributed by atoms with Gasteiger partial charge in [-0.25, -0.2) is 0 Å². The third kappa shape index (κ3) is 7.17. The van der Waals surface area contributed by atoms with Gasteiger partial charge in [0.15, 0.2) is 0 Å². The minimum Gasteiger partial charge on any atom is -0.393 e. The fourth-order valence-corrected chi connectivity index (χ4v) is 3.19. The molecule has 0 unspecified atom stereocenters. The Balaban J connectivity index is 1.59. The van der Waals surface area contributed by atoms with E-state index in [1.165, 1.54) is 11.1 Å². The van der Waals surface area contributed by atoms with Crippen LogP contribution in [0.3, 0.4) is 0 Å². The topological polar surface area (TPSA) is 52.6 Å². The molecule has 1 aliphatic rings. The van der Waals surface area contributed by atoms with Crippen LogP contribution in [0.2, 0.25) is 0 Å². The summed E-state index contributed by atoms with van der Waals surface area (Å²) in [5.74, 6) is 0.133. The monoisotopic (exact) mass is 346 g/mol. The highest BCUT2D eigenvalue weighted by atomic mass is 16.3. The van der Waals surface area contributed by atoms with Crippen LogP contribution >= 0.6 is 0 Å². The van der Waals surface area contributed by atoms with Gasteiger partial charge in [-0.15, -0.1) is 0 Å². The molecule has 1 heterocycles. The molecule has 0 spiro atoms. The number of aryl methyl sites for hydroxylation is 1. The number of likely N-dealkylation sites (tertiary alicyclic amines) is 1. The summed E-state index contributed by atoms with van der Waals surface area (Å²) in [6.07, 6.45) is 3.95. The Morgan fingerprint density at radius 3 is 2.44 bits per heavy atom. The third-order valence-corrected chi connectivity index (χ3v) is 4.99. The summed E-state index contributed by atoms with van der Waals surface area (Å²) in [6.45, 7) is 10.3. The number of hydrogen-bond acceptors (Lipinski definition) is 3. The van der Waals surface area contributed by atoms with Crippen LogP contribution in [0.1, 0.15) is 57.6 Å². The van der Waals surface area contributed by atoms with Crippen molar-refractivity contribution in [2.75, 3.05) is 26.2 Å². The molecule has 1 fully saturated rings. The molecule has 1 amide bonds. The second kappa shape index (κ2) is 9.35. The van der Waals surface area contributed by atoms with E-state index in [-0.39, 0.29) is 17.4 Å². The van der Waals surface area contributed by atoms with Gasteiger partial charge in [0.05, 0.1) is 6.10 Å². The number of carbonyl (C=O) groups is 1. The SMILES string of the molecule is CC(C)(C)c1ccc(CCC(=O)NCCCN2CCC(O)CC2)cc1. The van der Waals surface area contributed by atoms with Crippen LogP contribution in [0.4, 0.5) is 0 Å². The van der Waals surface area contributed by atoms with Crippen molar-refractivity contribution in [3.63, 3.8) is 0 Å². The van der Waals surface area contributed by atoms with Gasteiger partial charge in [-0.05, 0) is 48.8 Å². The first-order chi connectivity index (χ1) is 11.8. The number of rotatable bonds is 7. The maximum absolute atomic E-state index is 12.0. The van der Waals surface area contributed by atoms with E-state index in [0.29, 0.717) is 6.42 Å². The highest BCUT2D eigenvalue weighted by Gasteiger charge is 2.16. The van der Waals surface area contributed by atoms with Gasteiger partial charge >= 0.3 is 0 Å². The fraction of sp³-hybridized carbons (Fsp3) is 0.667. The van der Waals surface area contributed by atoms with E-state index in [2.05, 4.69) is 55.3 Å². The van der Waals surface area contributed by atoms with Gasteiger partial charge in [-0.2, -0.15) is 0 Å². The van der Waals surface area contributed by atoms with Crippen LogP contribution in [0, 0.1) is 0 Å². The second-order valence-corrected chi connectivity index (χ2v) is 8.22. The van der Waals surface area contributed by atoms with Crippen molar-refractivity contribution in [1.82, 2.24) is 10.2 Å². The van der Waals surface area contributed by atoms with Crippen molar-refractivity contribution >= 4 is 5.91 Å². The first kappa shape index (κ1) is 19.9. The molecule has 0 aliphatic carbocycles. The number of carbonyl (C=O) groups excluding carboxylic acids is 1. The van der Waals surface area contributed by atoms with Crippen molar-refractivity contribution in [3.8, 4) is 0 Å². The van der Waals surface area contributed by atoms with Gasteiger partial charge in [0, 0.05) is 26.1 Å². The van der Waals surface area contributed by atoms with Crippen molar-refractivity contribution < 1.29 is 9.90 Å². The number of hydrogen-bond donors (Lipinski definition) is 2. The van der Waals surface area contributed by atoms with E-state index in [4.69, 9.17) is 0 Å². The Hall–Kier alpha value is -1.39. The van der Waals surface area contributed by atoms with Gasteiger partial charge in [0.2, 0.25) is 5.91 Å². The molecule has 0 radical (unpaired) electrons. The predicted octanol–water partition coefficient (Wildman–Crippen LogP) is 2.88. The zero-order valence-electron chi connectivity index (χ0n) is 16.1. The fourth-order valence-electron chi connectivity index (χ4n) is 3.19. The van der Waals surface area contributed by atoms with Gasteiger partial charge < -0.3 is 15.3 Å². The number of aliphatic hydroxyl groups excluding tert-OH is 1. The molecule has 0 bridgehead atoms. The van der Waals surface area contributed by atoms with E-state index in [0.717, 1.165) is 51.9 Å². The quantitative estimate of drug-likeness (QED) is 0.747. The Morgan fingerprint density at radius 1 is 1.20 bits per heavy atom. The number of benzene rings is 1. The standard InChI is InChI=1S/C21H34N2O2/c1-21(2,3)18-8-5-17(6-9-18)7-10-20(25)22-13-4-14-23-15-11-19(24)12-16-23/h5-6,8-9,19,24H,4,7,10-16H2,1-3H3,(H,22,25). The number of nitrogens with zero attached hydrogens (tertiary/aromatic N) is 1. The molecule has 0 atom stereocenters. The van der Waals surface area contributed by atoms with Gasteiger partial charge in [0.25, 0.3) is 0 Å². The number of piperidine rings is 1. The largest absolute Gasteiger partial charge is 0.393 e. The van der Waals surface area contributed by atoms with Crippen LogP contribution in [0.5, 0.6) is 0 Å². The van der Waals surface area contributed by atoms with Gasteiger partial charge in [-0.3, -0.25) is 4.79 Å². The Labute approximate surface area is 152 Å². The van der Waals surface area contributed by atoms with Crippen LogP contribution < -0.4 is 5.32 Å². The zero-order valence-corrected chi connectivity index (χ0v) is 16.1. The molecule has 2 rings (SSSR count). The lowest BCUT2D eigenvalue weighted by molar-refractivity contribution is -0.121. The summed E-state index contributed by atoms with van der Waals surface area (Å²) < 4.78 is 0. The Bertz CT molecular complexity index is 526. The van der Waals surface area contributed by atoms with Crippen molar-refractivity contribution in [2.45, 2.75) is 64.4 Å². The molecule has 140 valence electrons. The van der Waals surface area contributed by atoms with Crippen molar-refractivity contribution in [3.05, 3.63) is 35.4 Å². The Morgan fingerprint density at radius 2 is 1.84 bits per heavy atom. The molecule has 1 saturated heterocycles. The number of amides is 1. The van der Waals surface area contributed by atoms with E-state index < -0.39 is 0 Å². The average Bonchev–Trinajstić information content (AvgIpc) is 2.58. The summed E-state index contributed by atoms with van der Waals surface area (Å²) >= 11 is 0. The molecule has 0 aromatic heterocycles. The lowest BCUT2D eigenvalue weighted by atomic mass is 9.86. The van der Waals surface area contributed by atoms with E-state index in [1.807, 2.05) is 0 Å². The molecule has 0 saturated carbocycles. The molecule has 2 N–H and O–H groups in total. The minimum atomic E-state index is -0.117. The van der Waals surface area contributed by atoms with Gasteiger partial charge in [-0.1, -0.05) is 45.0 Å². The lowest BCUT2D eigenvalue weighted by Crippen LogP contribution is -2.37. The van der Waals surface area contributed by atoms with Crippen LogP contribution in [-0.4, -0.2) is 48.2 Å². The highest BCUT2D eigenvalue weighted by Crippen LogP contribution is 2.22. The number of nitrogens with one attached hydrogen (secondary N) is 1. The first-order valence-corrected chi connectivity index (χ1v) is 9.61. The maximum Gasteiger partial charge on any atom is 0.220 e. The highest BCUT2D eigenvalue weighted by molar-refractivity contribution is 5.76. The van der Waals surface area contributed by atoms with Crippen LogP contribution in [0.15, 0.2) is 24.3 Å². The third-order valence-electron chi connectivity index (χ3n) is 4.99. The molecule has 1 aliphatic heterocycles. The molecular formula is C21H34N2O2. The molecule has 4 heteroatoms. The molecule has 1 aromatic carbocycles. The maximum atomic E-state index is 12.0. The normalized spacial score (nSPS) is 16.8. The smallest absolute Gasteiger partial charge is 0.220 e. The van der Waals surface area contributed by atoms with Crippen molar-refractivity contribution in [2.24, 2.45) is 0 Å². The van der Waals surface area contributed by atoms with Crippen LogP contribution in [-0.2, 0) is 16.6 Å². The molecule has 4 nitrogen and oxygen atoms in total. The Kier molecular flexibility index (Phi) is 7.45. The summed E-state index contributed by atoms with van der Waals surface area (Å²) in [7, 11) is 0. The molecular weight excluding hydrogens is 312 g/mol. The number of aliphatic hydroxyl groups is 1. The van der Waals surface area contributed by atoms with Gasteiger partial charge in [0.1, 0.15) is 0 Å². The van der Waals surface area contributed by atoms with E-state index in [9.17, 15) is 9.90 Å². The summed E-state index contributed by atoms with van der Waals surface area (Å²) in [4.78, 5) is 14.3. The summed E-state index contributed by atoms with van der Waals surface area (Å²) in [5.41, 5.74) is 2.71. The summed E-state index contributed by atoms with van der Waals surface area (Å²) in [6, 6.07) is 8.61. The second-order valence-electron chi connectivity index (χ2n) is 8.22. The average molecular weight is 347 g/mol. The minimum absolute atomic E-state index is 0.117. The first-order valence-electron chi connectivity index (χ1n) is 9.61. The summed E-state index contributed by atoms with van der Waals surface area (Å²) in [5, 5.41) is 12.5.